The summed E-state index contributed by atoms with van der Waals surface area (Å²) in [5.74, 6) is 0.302. The van der Waals surface area contributed by atoms with E-state index in [1.54, 1.807) is 0 Å². The SMILES string of the molecule is CC(C)[C@@]1(O)[C@H](O)C[C@@]2(C)C[C@H]3O[C@@]3(C)CC[C@@H]21. The molecule has 0 radical (unpaired) electrons. The standard InChI is InChI=1S/C15H26O3/c1-9(2)15(17)10-5-6-14(4)12(18-14)8-13(10,3)7-11(15)16/h9-12,16-17H,5-8H2,1-4H3/t10-,11+,12+,13-,14-,15-/m0/s1. The van der Waals surface area contributed by atoms with E-state index < -0.39 is 11.7 Å². The Morgan fingerprint density at radius 3 is 2.50 bits per heavy atom. The summed E-state index contributed by atoms with van der Waals surface area (Å²) in [6.07, 6.45) is 3.43. The third kappa shape index (κ3) is 1.47. The maximum atomic E-state index is 11.0. The van der Waals surface area contributed by atoms with Gasteiger partial charge >= 0.3 is 0 Å². The van der Waals surface area contributed by atoms with Crippen LogP contribution in [0.5, 0.6) is 0 Å². The molecule has 0 bridgehead atoms. The first-order chi connectivity index (χ1) is 8.22. The molecule has 3 nitrogen and oxygen atoms in total. The quantitative estimate of drug-likeness (QED) is 0.705. The van der Waals surface area contributed by atoms with E-state index >= 15 is 0 Å². The summed E-state index contributed by atoms with van der Waals surface area (Å²) >= 11 is 0. The van der Waals surface area contributed by atoms with Gasteiger partial charge < -0.3 is 14.9 Å². The normalized spacial score (nSPS) is 59.2. The van der Waals surface area contributed by atoms with Gasteiger partial charge in [-0.3, -0.25) is 0 Å². The van der Waals surface area contributed by atoms with Gasteiger partial charge in [0.1, 0.15) is 0 Å². The molecule has 6 atom stereocenters. The first-order valence-corrected chi connectivity index (χ1v) is 7.31. The predicted molar refractivity (Wildman–Crippen MR) is 69.1 cm³/mol. The fourth-order valence-corrected chi connectivity index (χ4v) is 4.75. The van der Waals surface area contributed by atoms with Gasteiger partial charge in [-0.15, -0.1) is 0 Å². The fraction of sp³-hybridized carbons (Fsp3) is 1.00. The van der Waals surface area contributed by atoms with Crippen molar-refractivity contribution >= 4 is 0 Å². The van der Waals surface area contributed by atoms with Crippen molar-refractivity contribution in [2.24, 2.45) is 17.3 Å². The van der Waals surface area contributed by atoms with Gasteiger partial charge in [-0.25, -0.2) is 0 Å². The zero-order valence-electron chi connectivity index (χ0n) is 11.9. The second-order valence-electron chi connectivity index (χ2n) is 7.63. The number of aliphatic hydroxyl groups is 2. The lowest BCUT2D eigenvalue weighted by atomic mass is 9.69. The Bertz CT molecular complexity index is 369. The number of hydrogen-bond donors (Lipinski definition) is 2. The highest BCUT2D eigenvalue weighted by Gasteiger charge is 2.66. The molecule has 2 aliphatic carbocycles. The van der Waals surface area contributed by atoms with Gasteiger partial charge in [0.25, 0.3) is 0 Å². The van der Waals surface area contributed by atoms with Crippen LogP contribution in [0.25, 0.3) is 0 Å². The molecular formula is C15H26O3. The summed E-state index contributed by atoms with van der Waals surface area (Å²) in [7, 11) is 0. The topological polar surface area (TPSA) is 53.0 Å². The number of hydrogen-bond acceptors (Lipinski definition) is 3. The first-order valence-electron chi connectivity index (χ1n) is 7.31. The van der Waals surface area contributed by atoms with Crippen molar-refractivity contribution in [3.8, 4) is 0 Å². The summed E-state index contributed by atoms with van der Waals surface area (Å²) in [5, 5.41) is 21.4. The van der Waals surface area contributed by atoms with E-state index in [4.69, 9.17) is 4.74 Å². The lowest BCUT2D eigenvalue weighted by Crippen LogP contribution is -2.49. The molecule has 0 spiro atoms. The molecule has 0 aromatic carbocycles. The molecule has 3 rings (SSSR count). The molecule has 3 aliphatic rings. The first kappa shape index (κ1) is 12.9. The number of epoxide rings is 1. The minimum absolute atomic E-state index is 0.0252. The van der Waals surface area contributed by atoms with Crippen LogP contribution in [-0.4, -0.2) is 33.6 Å². The molecule has 1 heterocycles. The molecule has 0 amide bonds. The maximum absolute atomic E-state index is 11.0. The lowest BCUT2D eigenvalue weighted by Gasteiger charge is -2.41. The van der Waals surface area contributed by atoms with Crippen LogP contribution in [0.2, 0.25) is 0 Å². The Balaban J connectivity index is 1.94. The molecular weight excluding hydrogens is 228 g/mol. The van der Waals surface area contributed by atoms with Gasteiger partial charge in [0, 0.05) is 0 Å². The Morgan fingerprint density at radius 2 is 1.89 bits per heavy atom. The summed E-state index contributed by atoms with van der Waals surface area (Å²) in [5.41, 5.74) is -0.838. The van der Waals surface area contributed by atoms with E-state index in [0.717, 1.165) is 19.3 Å². The van der Waals surface area contributed by atoms with Crippen LogP contribution in [0.15, 0.2) is 0 Å². The Kier molecular flexibility index (Phi) is 2.51. The van der Waals surface area contributed by atoms with Crippen molar-refractivity contribution < 1.29 is 14.9 Å². The van der Waals surface area contributed by atoms with Gasteiger partial charge in [0.15, 0.2) is 0 Å². The third-order valence-electron chi connectivity index (χ3n) is 6.13. The molecule has 0 aromatic rings. The fourth-order valence-electron chi connectivity index (χ4n) is 4.75. The lowest BCUT2D eigenvalue weighted by molar-refractivity contribution is -0.122. The van der Waals surface area contributed by atoms with E-state index in [-0.39, 0.29) is 22.9 Å². The Hall–Kier alpha value is -0.120. The van der Waals surface area contributed by atoms with Crippen LogP contribution in [0.1, 0.15) is 53.4 Å². The van der Waals surface area contributed by atoms with E-state index in [9.17, 15) is 10.2 Å². The molecule has 1 aliphatic heterocycles. The zero-order chi connectivity index (χ0) is 13.3. The summed E-state index contributed by atoms with van der Waals surface area (Å²) in [4.78, 5) is 0. The van der Waals surface area contributed by atoms with E-state index in [1.165, 1.54) is 0 Å². The second-order valence-corrected chi connectivity index (χ2v) is 7.63. The van der Waals surface area contributed by atoms with Crippen molar-refractivity contribution in [2.45, 2.75) is 76.8 Å². The van der Waals surface area contributed by atoms with Gasteiger partial charge in [0.2, 0.25) is 0 Å². The highest BCUT2D eigenvalue weighted by molar-refractivity contribution is 5.16. The molecule has 0 aromatic heterocycles. The molecule has 3 heteroatoms. The second kappa shape index (κ2) is 3.50. The van der Waals surface area contributed by atoms with Crippen LogP contribution in [0, 0.1) is 17.3 Å². The summed E-state index contributed by atoms with van der Waals surface area (Å²) in [6.45, 7) is 8.47. The number of fused-ring (bicyclic) bond motifs is 2. The van der Waals surface area contributed by atoms with Gasteiger partial charge in [-0.05, 0) is 49.9 Å². The summed E-state index contributed by atoms with van der Waals surface area (Å²) < 4.78 is 5.82. The molecule has 2 saturated carbocycles. The van der Waals surface area contributed by atoms with Gasteiger partial charge in [0.05, 0.1) is 23.4 Å². The molecule has 18 heavy (non-hydrogen) atoms. The molecule has 0 unspecified atom stereocenters. The van der Waals surface area contributed by atoms with Gasteiger partial charge in [-0.1, -0.05) is 20.8 Å². The van der Waals surface area contributed by atoms with Gasteiger partial charge in [-0.2, -0.15) is 0 Å². The molecule has 3 fully saturated rings. The largest absolute Gasteiger partial charge is 0.390 e. The van der Waals surface area contributed by atoms with Crippen molar-refractivity contribution in [2.75, 3.05) is 0 Å². The average Bonchev–Trinajstić information content (AvgIpc) is 2.82. The average molecular weight is 254 g/mol. The van der Waals surface area contributed by atoms with Crippen LogP contribution in [-0.2, 0) is 4.74 Å². The minimum Gasteiger partial charge on any atom is -0.390 e. The monoisotopic (exact) mass is 254 g/mol. The number of ether oxygens (including phenoxy) is 1. The highest BCUT2D eigenvalue weighted by Crippen LogP contribution is 2.62. The molecule has 1 saturated heterocycles. The van der Waals surface area contributed by atoms with Crippen LogP contribution < -0.4 is 0 Å². The third-order valence-corrected chi connectivity index (χ3v) is 6.13. The van der Waals surface area contributed by atoms with Crippen LogP contribution >= 0.6 is 0 Å². The minimum atomic E-state index is -0.915. The molecule has 2 N–H and O–H groups in total. The predicted octanol–water partition coefficient (Wildman–Crippen LogP) is 2.10. The van der Waals surface area contributed by atoms with E-state index in [1.807, 2.05) is 13.8 Å². The highest BCUT2D eigenvalue weighted by atomic mass is 16.6. The number of aliphatic hydroxyl groups excluding tert-OH is 1. The molecule has 104 valence electrons. The summed E-state index contributed by atoms with van der Waals surface area (Å²) in [6, 6.07) is 0. The van der Waals surface area contributed by atoms with Crippen molar-refractivity contribution in [3.63, 3.8) is 0 Å². The Labute approximate surface area is 110 Å². The van der Waals surface area contributed by atoms with Crippen molar-refractivity contribution in [1.29, 1.82) is 0 Å². The van der Waals surface area contributed by atoms with E-state index in [0.29, 0.717) is 12.5 Å². The zero-order valence-corrected chi connectivity index (χ0v) is 11.9. The smallest absolute Gasteiger partial charge is 0.0961 e. The van der Waals surface area contributed by atoms with E-state index in [2.05, 4.69) is 13.8 Å². The van der Waals surface area contributed by atoms with Crippen LogP contribution in [0.3, 0.4) is 0 Å². The maximum Gasteiger partial charge on any atom is 0.0961 e. The van der Waals surface area contributed by atoms with Crippen molar-refractivity contribution in [1.82, 2.24) is 0 Å². The van der Waals surface area contributed by atoms with Crippen molar-refractivity contribution in [3.05, 3.63) is 0 Å². The van der Waals surface area contributed by atoms with Crippen LogP contribution in [0.4, 0.5) is 0 Å². The number of rotatable bonds is 1. The Morgan fingerprint density at radius 1 is 1.22 bits per heavy atom.